The van der Waals surface area contributed by atoms with Gasteiger partial charge in [0.15, 0.2) is 0 Å². The number of aliphatic hydroxyl groups excluding tert-OH is 1. The fourth-order valence-electron chi connectivity index (χ4n) is 10.7. The SMILES string of the molecule is CCOC1CC2CCC3C(CCC4(C)C3CC3OC(C)(CCC(C)COC)C(C)C34)C2(C)CC1O. The number of aliphatic hydroxyl groups is 1. The molecule has 4 nitrogen and oxygen atoms in total. The van der Waals surface area contributed by atoms with Crippen LogP contribution in [0.25, 0.3) is 0 Å². The lowest BCUT2D eigenvalue weighted by atomic mass is 9.44. The molecule has 1 heterocycles. The van der Waals surface area contributed by atoms with Crippen molar-refractivity contribution in [3.05, 3.63) is 0 Å². The lowest BCUT2D eigenvalue weighted by Gasteiger charge is -2.62. The normalized spacial score (nSPS) is 54.0. The Labute approximate surface area is 215 Å². The van der Waals surface area contributed by atoms with Crippen LogP contribution in [-0.4, -0.2) is 49.3 Å². The van der Waals surface area contributed by atoms with Crippen LogP contribution in [0.1, 0.15) is 99.3 Å². The van der Waals surface area contributed by atoms with Crippen LogP contribution in [0.15, 0.2) is 0 Å². The summed E-state index contributed by atoms with van der Waals surface area (Å²) in [6.45, 7) is 16.0. The van der Waals surface area contributed by atoms with Crippen LogP contribution in [0, 0.1) is 52.3 Å². The standard InChI is InChI=1S/C31H54O4/c1-8-34-26-15-21-9-10-22-23(30(21,5)17-25(26)32)12-13-29(4)24(22)16-27-28(29)20(3)31(6,35-27)14-11-19(2)18-33-7/h19-28,32H,8-18H2,1-7H3. The summed E-state index contributed by atoms with van der Waals surface area (Å²) in [5, 5.41) is 11.0. The monoisotopic (exact) mass is 490 g/mol. The van der Waals surface area contributed by atoms with E-state index in [9.17, 15) is 5.11 Å². The molecule has 4 saturated carbocycles. The van der Waals surface area contributed by atoms with Gasteiger partial charge in [0.25, 0.3) is 0 Å². The second kappa shape index (κ2) is 9.54. The Balaban J connectivity index is 1.31. The van der Waals surface area contributed by atoms with E-state index in [2.05, 4.69) is 41.5 Å². The van der Waals surface area contributed by atoms with Gasteiger partial charge in [-0.15, -0.1) is 0 Å². The molecule has 4 heteroatoms. The van der Waals surface area contributed by atoms with Gasteiger partial charge in [-0.3, -0.25) is 0 Å². The van der Waals surface area contributed by atoms with E-state index in [0.717, 1.165) is 43.6 Å². The third kappa shape index (κ3) is 4.16. The molecule has 0 radical (unpaired) electrons. The quantitative estimate of drug-likeness (QED) is 0.443. The molecular formula is C31H54O4. The average molecular weight is 491 g/mol. The van der Waals surface area contributed by atoms with Gasteiger partial charge in [0.2, 0.25) is 0 Å². The highest BCUT2D eigenvalue weighted by atomic mass is 16.5. The Morgan fingerprint density at radius 1 is 1.06 bits per heavy atom. The van der Waals surface area contributed by atoms with Gasteiger partial charge in [-0.1, -0.05) is 27.7 Å². The number of methoxy groups -OCH3 is 1. The van der Waals surface area contributed by atoms with E-state index in [1.54, 1.807) is 0 Å². The Hall–Kier alpha value is -0.160. The largest absolute Gasteiger partial charge is 0.390 e. The molecular weight excluding hydrogens is 436 g/mol. The molecule has 0 aromatic heterocycles. The molecule has 0 bridgehead atoms. The molecule has 1 N–H and O–H groups in total. The van der Waals surface area contributed by atoms with Crippen molar-refractivity contribution < 1.29 is 19.3 Å². The van der Waals surface area contributed by atoms with E-state index in [1.807, 2.05) is 7.11 Å². The van der Waals surface area contributed by atoms with E-state index in [0.29, 0.717) is 41.8 Å². The molecule has 13 unspecified atom stereocenters. The fraction of sp³-hybridized carbons (Fsp3) is 1.00. The minimum Gasteiger partial charge on any atom is -0.390 e. The molecule has 5 fully saturated rings. The van der Waals surface area contributed by atoms with Crippen molar-refractivity contribution in [1.29, 1.82) is 0 Å². The molecule has 35 heavy (non-hydrogen) atoms. The predicted octanol–water partition coefficient (Wildman–Crippen LogP) is 6.49. The van der Waals surface area contributed by atoms with Crippen LogP contribution in [0.2, 0.25) is 0 Å². The second-order valence-electron chi connectivity index (χ2n) is 14.3. The summed E-state index contributed by atoms with van der Waals surface area (Å²) < 4.78 is 18.4. The molecule has 202 valence electrons. The summed E-state index contributed by atoms with van der Waals surface area (Å²) in [4.78, 5) is 0. The van der Waals surface area contributed by atoms with Crippen molar-refractivity contribution in [2.45, 2.75) is 123 Å². The average Bonchev–Trinajstić information content (AvgIpc) is 3.23. The number of hydrogen-bond donors (Lipinski definition) is 1. The number of hydrogen-bond acceptors (Lipinski definition) is 4. The number of fused-ring (bicyclic) bond motifs is 7. The minimum atomic E-state index is -0.296. The van der Waals surface area contributed by atoms with Crippen molar-refractivity contribution in [2.75, 3.05) is 20.3 Å². The summed E-state index contributed by atoms with van der Waals surface area (Å²) in [7, 11) is 1.81. The maximum atomic E-state index is 11.0. The Kier molecular flexibility index (Phi) is 7.21. The van der Waals surface area contributed by atoms with Crippen LogP contribution in [0.5, 0.6) is 0 Å². The van der Waals surface area contributed by atoms with Crippen molar-refractivity contribution in [2.24, 2.45) is 52.3 Å². The first-order valence-electron chi connectivity index (χ1n) is 15.0. The van der Waals surface area contributed by atoms with Crippen molar-refractivity contribution >= 4 is 0 Å². The highest BCUT2D eigenvalue weighted by molar-refractivity contribution is 5.16. The van der Waals surface area contributed by atoms with Gasteiger partial charge in [0.1, 0.15) is 0 Å². The molecule has 0 spiro atoms. The van der Waals surface area contributed by atoms with E-state index in [1.165, 1.54) is 38.5 Å². The third-order valence-electron chi connectivity index (χ3n) is 12.6. The van der Waals surface area contributed by atoms with E-state index in [4.69, 9.17) is 14.2 Å². The summed E-state index contributed by atoms with van der Waals surface area (Å²) in [5.41, 5.74) is 0.687. The lowest BCUT2D eigenvalue weighted by molar-refractivity contribution is -0.172. The Bertz CT molecular complexity index is 756. The summed E-state index contributed by atoms with van der Waals surface area (Å²) >= 11 is 0. The van der Waals surface area contributed by atoms with E-state index in [-0.39, 0.29) is 23.2 Å². The maximum Gasteiger partial charge on any atom is 0.0836 e. The predicted molar refractivity (Wildman–Crippen MR) is 140 cm³/mol. The van der Waals surface area contributed by atoms with E-state index < -0.39 is 0 Å². The molecule has 0 aromatic rings. The number of ether oxygens (including phenoxy) is 3. The van der Waals surface area contributed by atoms with Gasteiger partial charge in [-0.05, 0) is 124 Å². The van der Waals surface area contributed by atoms with Crippen LogP contribution in [-0.2, 0) is 14.2 Å². The highest BCUT2D eigenvalue weighted by Gasteiger charge is 2.67. The summed E-state index contributed by atoms with van der Waals surface area (Å²) in [6.07, 6.45) is 11.2. The molecule has 4 aliphatic carbocycles. The molecule has 5 aliphatic rings. The third-order valence-corrected chi connectivity index (χ3v) is 12.6. The summed E-state index contributed by atoms with van der Waals surface area (Å²) in [6, 6.07) is 0. The molecule has 0 amide bonds. The van der Waals surface area contributed by atoms with E-state index >= 15 is 0 Å². The van der Waals surface area contributed by atoms with Crippen molar-refractivity contribution in [3.8, 4) is 0 Å². The molecule has 5 rings (SSSR count). The lowest BCUT2D eigenvalue weighted by Crippen LogP contribution is -2.57. The van der Waals surface area contributed by atoms with Gasteiger partial charge >= 0.3 is 0 Å². The smallest absolute Gasteiger partial charge is 0.0836 e. The topological polar surface area (TPSA) is 47.9 Å². The molecule has 1 saturated heterocycles. The zero-order chi connectivity index (χ0) is 25.2. The highest BCUT2D eigenvalue weighted by Crippen LogP contribution is 2.71. The second-order valence-corrected chi connectivity index (χ2v) is 14.3. The first kappa shape index (κ1) is 26.4. The van der Waals surface area contributed by atoms with Gasteiger partial charge in [0, 0.05) is 20.3 Å². The Morgan fingerprint density at radius 3 is 2.54 bits per heavy atom. The van der Waals surface area contributed by atoms with Crippen LogP contribution >= 0.6 is 0 Å². The summed E-state index contributed by atoms with van der Waals surface area (Å²) in [5.74, 6) is 4.96. The molecule has 1 aliphatic heterocycles. The maximum absolute atomic E-state index is 11.0. The minimum absolute atomic E-state index is 0.00751. The van der Waals surface area contributed by atoms with Crippen molar-refractivity contribution in [1.82, 2.24) is 0 Å². The first-order valence-corrected chi connectivity index (χ1v) is 15.0. The van der Waals surface area contributed by atoms with Gasteiger partial charge in [-0.25, -0.2) is 0 Å². The molecule has 0 aromatic carbocycles. The first-order chi connectivity index (χ1) is 16.6. The van der Waals surface area contributed by atoms with Crippen LogP contribution < -0.4 is 0 Å². The van der Waals surface area contributed by atoms with Gasteiger partial charge < -0.3 is 19.3 Å². The number of rotatable bonds is 7. The Morgan fingerprint density at radius 2 is 1.83 bits per heavy atom. The zero-order valence-electron chi connectivity index (χ0n) is 23.7. The fourth-order valence-corrected chi connectivity index (χ4v) is 10.7. The van der Waals surface area contributed by atoms with Gasteiger partial charge in [0.05, 0.1) is 23.9 Å². The van der Waals surface area contributed by atoms with Gasteiger partial charge in [-0.2, -0.15) is 0 Å². The zero-order valence-corrected chi connectivity index (χ0v) is 23.7. The van der Waals surface area contributed by atoms with Crippen LogP contribution in [0.3, 0.4) is 0 Å². The van der Waals surface area contributed by atoms with Crippen molar-refractivity contribution in [3.63, 3.8) is 0 Å². The molecule has 13 atom stereocenters. The van der Waals surface area contributed by atoms with Crippen LogP contribution in [0.4, 0.5) is 0 Å².